The molecular formula is C11H23NO2. The van der Waals surface area contributed by atoms with Gasteiger partial charge in [-0.2, -0.15) is 0 Å². The largest absolute Gasteiger partial charge is 0.389 e. The zero-order valence-electron chi connectivity index (χ0n) is 9.17. The highest BCUT2D eigenvalue weighted by molar-refractivity contribution is 4.72. The van der Waals surface area contributed by atoms with Crippen LogP contribution in [0.5, 0.6) is 0 Å². The zero-order chi connectivity index (χ0) is 10.2. The van der Waals surface area contributed by atoms with Gasteiger partial charge >= 0.3 is 0 Å². The maximum absolute atomic E-state index is 9.49. The van der Waals surface area contributed by atoms with Gasteiger partial charge in [-0.15, -0.1) is 0 Å². The summed E-state index contributed by atoms with van der Waals surface area (Å²) in [6.07, 6.45) is 4.65. The van der Waals surface area contributed by atoms with E-state index < -0.39 is 0 Å². The fourth-order valence-corrected chi connectivity index (χ4v) is 1.28. The maximum Gasteiger partial charge on any atom is 0.0897 e. The molecule has 1 aliphatic carbocycles. The molecule has 3 nitrogen and oxygen atoms in total. The van der Waals surface area contributed by atoms with Gasteiger partial charge in [0.2, 0.25) is 0 Å². The molecule has 1 rings (SSSR count). The molecule has 0 aromatic heterocycles. The SMILES string of the molecule is CCCCNCC(O)COCC1CC1. The van der Waals surface area contributed by atoms with Gasteiger partial charge in [0.05, 0.1) is 12.7 Å². The number of rotatable bonds is 9. The molecule has 84 valence electrons. The number of hydrogen-bond acceptors (Lipinski definition) is 3. The first-order valence-corrected chi connectivity index (χ1v) is 5.79. The van der Waals surface area contributed by atoms with Crippen molar-refractivity contribution in [3.8, 4) is 0 Å². The second-order valence-corrected chi connectivity index (χ2v) is 4.19. The van der Waals surface area contributed by atoms with E-state index in [1.807, 2.05) is 0 Å². The van der Waals surface area contributed by atoms with Crippen molar-refractivity contribution in [1.82, 2.24) is 5.32 Å². The Bertz CT molecular complexity index is 137. The number of aliphatic hydroxyl groups is 1. The Kier molecular flexibility index (Phi) is 6.15. The topological polar surface area (TPSA) is 41.5 Å². The molecule has 0 aliphatic heterocycles. The molecule has 1 saturated carbocycles. The van der Waals surface area contributed by atoms with Crippen LogP contribution < -0.4 is 5.32 Å². The molecule has 1 atom stereocenters. The van der Waals surface area contributed by atoms with Gasteiger partial charge in [0, 0.05) is 13.2 Å². The van der Waals surface area contributed by atoms with Crippen LogP contribution in [0.25, 0.3) is 0 Å². The van der Waals surface area contributed by atoms with E-state index in [0.29, 0.717) is 13.2 Å². The van der Waals surface area contributed by atoms with E-state index in [0.717, 1.165) is 19.1 Å². The molecule has 0 amide bonds. The summed E-state index contributed by atoms with van der Waals surface area (Å²) in [5.41, 5.74) is 0. The zero-order valence-corrected chi connectivity index (χ0v) is 9.17. The summed E-state index contributed by atoms with van der Waals surface area (Å²) in [7, 11) is 0. The van der Waals surface area contributed by atoms with Gasteiger partial charge in [0.1, 0.15) is 0 Å². The minimum atomic E-state index is -0.342. The lowest BCUT2D eigenvalue weighted by Gasteiger charge is -2.11. The fourth-order valence-electron chi connectivity index (χ4n) is 1.28. The number of unbranched alkanes of at least 4 members (excludes halogenated alkanes) is 1. The van der Waals surface area contributed by atoms with E-state index >= 15 is 0 Å². The van der Waals surface area contributed by atoms with Gasteiger partial charge in [-0.1, -0.05) is 13.3 Å². The summed E-state index contributed by atoms with van der Waals surface area (Å²) in [5, 5.41) is 12.7. The molecule has 14 heavy (non-hydrogen) atoms. The molecule has 0 spiro atoms. The van der Waals surface area contributed by atoms with E-state index in [9.17, 15) is 5.11 Å². The van der Waals surface area contributed by atoms with Crippen LogP contribution in [-0.4, -0.2) is 37.5 Å². The quantitative estimate of drug-likeness (QED) is 0.550. The number of ether oxygens (including phenoxy) is 1. The predicted octanol–water partition coefficient (Wildman–Crippen LogP) is 1.16. The van der Waals surface area contributed by atoms with Crippen LogP contribution in [0, 0.1) is 5.92 Å². The average molecular weight is 201 g/mol. The number of nitrogens with one attached hydrogen (secondary N) is 1. The van der Waals surface area contributed by atoms with E-state index in [2.05, 4.69) is 12.2 Å². The molecule has 0 saturated heterocycles. The van der Waals surface area contributed by atoms with Crippen molar-refractivity contribution in [2.24, 2.45) is 5.92 Å². The van der Waals surface area contributed by atoms with Crippen LogP contribution in [0.1, 0.15) is 32.6 Å². The van der Waals surface area contributed by atoms with Crippen molar-refractivity contribution < 1.29 is 9.84 Å². The first-order chi connectivity index (χ1) is 6.83. The average Bonchev–Trinajstić information content (AvgIpc) is 2.96. The molecule has 0 aromatic carbocycles. The second kappa shape index (κ2) is 7.21. The summed E-state index contributed by atoms with van der Waals surface area (Å²) >= 11 is 0. The van der Waals surface area contributed by atoms with Crippen LogP contribution in [0.4, 0.5) is 0 Å². The smallest absolute Gasteiger partial charge is 0.0897 e. The first-order valence-electron chi connectivity index (χ1n) is 5.79. The van der Waals surface area contributed by atoms with Crippen LogP contribution in [0.2, 0.25) is 0 Å². The Balaban J connectivity index is 1.79. The predicted molar refractivity (Wildman–Crippen MR) is 57.3 cm³/mol. The minimum absolute atomic E-state index is 0.342. The summed E-state index contributed by atoms with van der Waals surface area (Å²) in [6, 6.07) is 0. The van der Waals surface area contributed by atoms with Crippen molar-refractivity contribution in [2.45, 2.75) is 38.7 Å². The summed E-state index contributed by atoms with van der Waals surface area (Å²) < 4.78 is 5.39. The van der Waals surface area contributed by atoms with Crippen molar-refractivity contribution in [3.05, 3.63) is 0 Å². The molecule has 1 unspecified atom stereocenters. The molecule has 2 N–H and O–H groups in total. The third-order valence-electron chi connectivity index (χ3n) is 2.45. The molecule has 1 aliphatic rings. The van der Waals surface area contributed by atoms with Crippen LogP contribution >= 0.6 is 0 Å². The van der Waals surface area contributed by atoms with Crippen LogP contribution in [-0.2, 0) is 4.74 Å². The van der Waals surface area contributed by atoms with Gasteiger partial charge in [-0.05, 0) is 31.7 Å². The second-order valence-electron chi connectivity index (χ2n) is 4.19. The molecule has 3 heteroatoms. The van der Waals surface area contributed by atoms with Crippen molar-refractivity contribution in [3.63, 3.8) is 0 Å². The normalized spacial score (nSPS) is 18.4. The third-order valence-corrected chi connectivity index (χ3v) is 2.45. The highest BCUT2D eigenvalue weighted by atomic mass is 16.5. The van der Waals surface area contributed by atoms with Crippen LogP contribution in [0.15, 0.2) is 0 Å². The summed E-state index contributed by atoms with van der Waals surface area (Å²) in [6.45, 7) is 5.14. The monoisotopic (exact) mass is 201 g/mol. The van der Waals surface area contributed by atoms with Gasteiger partial charge in [-0.3, -0.25) is 0 Å². The Morgan fingerprint density at radius 2 is 2.29 bits per heavy atom. The third kappa shape index (κ3) is 6.35. The fraction of sp³-hybridized carbons (Fsp3) is 1.00. The van der Waals surface area contributed by atoms with Gasteiger partial charge in [-0.25, -0.2) is 0 Å². The highest BCUT2D eigenvalue weighted by Crippen LogP contribution is 2.28. The summed E-state index contributed by atoms with van der Waals surface area (Å²) in [5.74, 6) is 0.787. The van der Waals surface area contributed by atoms with Crippen molar-refractivity contribution in [1.29, 1.82) is 0 Å². The molecular weight excluding hydrogens is 178 g/mol. The molecule has 1 fully saturated rings. The molecule has 0 heterocycles. The Labute approximate surface area is 86.8 Å². The van der Waals surface area contributed by atoms with E-state index in [1.54, 1.807) is 0 Å². The van der Waals surface area contributed by atoms with Crippen LogP contribution in [0.3, 0.4) is 0 Å². The van der Waals surface area contributed by atoms with Crippen molar-refractivity contribution >= 4 is 0 Å². The highest BCUT2D eigenvalue weighted by Gasteiger charge is 2.21. The standard InChI is InChI=1S/C11H23NO2/c1-2-3-6-12-7-11(13)9-14-8-10-4-5-10/h10-13H,2-9H2,1H3. The van der Waals surface area contributed by atoms with E-state index in [-0.39, 0.29) is 6.10 Å². The van der Waals surface area contributed by atoms with Gasteiger partial charge in [0.25, 0.3) is 0 Å². The molecule has 0 radical (unpaired) electrons. The summed E-state index contributed by atoms with van der Waals surface area (Å²) in [4.78, 5) is 0. The van der Waals surface area contributed by atoms with Crippen molar-refractivity contribution in [2.75, 3.05) is 26.3 Å². The Morgan fingerprint density at radius 1 is 1.50 bits per heavy atom. The maximum atomic E-state index is 9.49. The molecule has 0 aromatic rings. The van der Waals surface area contributed by atoms with E-state index in [4.69, 9.17) is 4.74 Å². The van der Waals surface area contributed by atoms with Gasteiger partial charge < -0.3 is 15.2 Å². The lowest BCUT2D eigenvalue weighted by Crippen LogP contribution is -2.31. The Hall–Kier alpha value is -0.120. The molecule has 0 bridgehead atoms. The minimum Gasteiger partial charge on any atom is -0.389 e. The lowest BCUT2D eigenvalue weighted by atomic mass is 10.3. The van der Waals surface area contributed by atoms with E-state index in [1.165, 1.54) is 25.7 Å². The number of aliphatic hydroxyl groups excluding tert-OH is 1. The Morgan fingerprint density at radius 3 is 2.93 bits per heavy atom. The van der Waals surface area contributed by atoms with Gasteiger partial charge in [0.15, 0.2) is 0 Å². The number of hydrogen-bond donors (Lipinski definition) is 2. The first kappa shape index (κ1) is 12.0. The lowest BCUT2D eigenvalue weighted by molar-refractivity contribution is 0.0326.